The molecule has 0 aromatic heterocycles. The van der Waals surface area contributed by atoms with Gasteiger partial charge in [-0.15, -0.1) is 0 Å². The van der Waals surface area contributed by atoms with Crippen molar-refractivity contribution >= 4 is 23.2 Å². The fourth-order valence-electron chi connectivity index (χ4n) is 4.96. The number of aliphatic hydroxyl groups is 1. The molecule has 152 valence electrons. The quantitative estimate of drug-likeness (QED) is 0.529. The molecule has 0 aliphatic carbocycles. The molecule has 1 aliphatic rings. The van der Waals surface area contributed by atoms with Crippen LogP contribution in [-0.4, -0.2) is 10.7 Å². The highest BCUT2D eigenvalue weighted by Gasteiger charge is 2.51. The van der Waals surface area contributed by atoms with E-state index in [1.807, 2.05) is 24.3 Å². The third-order valence-electron chi connectivity index (χ3n) is 6.40. The van der Waals surface area contributed by atoms with Crippen LogP contribution in [0.1, 0.15) is 69.7 Å². The molecule has 2 aromatic rings. The third kappa shape index (κ3) is 4.26. The normalized spacial score (nSPS) is 30.4. The molecule has 0 radical (unpaired) electrons. The zero-order chi connectivity index (χ0) is 20.3. The average molecular weight is 420 g/mol. The van der Waals surface area contributed by atoms with Crippen LogP contribution in [0.25, 0.3) is 0 Å². The predicted molar refractivity (Wildman–Crippen MR) is 119 cm³/mol. The van der Waals surface area contributed by atoms with Crippen molar-refractivity contribution in [2.75, 3.05) is 0 Å². The van der Waals surface area contributed by atoms with Gasteiger partial charge in [0.15, 0.2) is 0 Å². The number of benzene rings is 2. The van der Waals surface area contributed by atoms with Crippen LogP contribution in [0.4, 0.5) is 0 Å². The predicted octanol–water partition coefficient (Wildman–Crippen LogP) is 6.96. The van der Waals surface area contributed by atoms with Crippen molar-refractivity contribution < 1.29 is 5.11 Å². The summed E-state index contributed by atoms with van der Waals surface area (Å²) in [5, 5.41) is 17.4. The molecule has 0 spiro atoms. The van der Waals surface area contributed by atoms with Crippen molar-refractivity contribution in [3.05, 3.63) is 69.7 Å². The number of hydrogen-bond donors (Lipinski definition) is 2. The molecule has 0 bridgehead atoms. The van der Waals surface area contributed by atoms with Gasteiger partial charge in [-0.05, 0) is 48.2 Å². The summed E-state index contributed by atoms with van der Waals surface area (Å²) in [6, 6.07) is 16.2. The van der Waals surface area contributed by atoms with E-state index in [-0.39, 0.29) is 23.9 Å². The summed E-state index contributed by atoms with van der Waals surface area (Å²) in [7, 11) is 0. The number of nitrogens with one attached hydrogen (secondary N) is 1. The maximum absolute atomic E-state index is 12.0. The van der Waals surface area contributed by atoms with E-state index in [1.165, 1.54) is 11.1 Å². The zero-order valence-electron chi connectivity index (χ0n) is 17.0. The molecule has 1 aliphatic heterocycles. The Balaban J connectivity index is 2.06. The minimum Gasteiger partial charge on any atom is -0.389 e. The SMILES string of the molecule is CCC[C@H]1[C@H](c2ccc(Cl)cc2)N[C@H](c2ccc(Cl)cc2)[C@H](C)[C@@]1(O)CCC. The Bertz CT molecular complexity index is 761. The van der Waals surface area contributed by atoms with Crippen molar-refractivity contribution in [1.82, 2.24) is 5.32 Å². The van der Waals surface area contributed by atoms with Crippen molar-refractivity contribution in [3.8, 4) is 0 Å². The number of hydrogen-bond acceptors (Lipinski definition) is 2. The molecule has 2 N–H and O–H groups in total. The van der Waals surface area contributed by atoms with Crippen LogP contribution < -0.4 is 5.32 Å². The summed E-state index contributed by atoms with van der Waals surface area (Å²) >= 11 is 12.2. The standard InChI is InChI=1S/C24H31Cl2NO/c1-4-6-21-23(18-9-13-20(26)14-10-18)27-22(16(3)24(21,28)15-5-2)17-7-11-19(25)12-8-17/h7-14,16,21-23,27-28H,4-6,15H2,1-3H3/t16-,21-,22-,23-,24-/m0/s1. The van der Waals surface area contributed by atoms with Crippen LogP contribution in [0.3, 0.4) is 0 Å². The molecule has 0 amide bonds. The van der Waals surface area contributed by atoms with E-state index in [2.05, 4.69) is 50.4 Å². The Morgan fingerprint density at radius 2 is 1.36 bits per heavy atom. The van der Waals surface area contributed by atoms with Gasteiger partial charge in [0.2, 0.25) is 0 Å². The summed E-state index contributed by atoms with van der Waals surface area (Å²) in [6.07, 6.45) is 3.78. The molecule has 1 fully saturated rings. The summed E-state index contributed by atoms with van der Waals surface area (Å²) in [5.41, 5.74) is 1.62. The van der Waals surface area contributed by atoms with Gasteiger partial charge < -0.3 is 10.4 Å². The first-order valence-electron chi connectivity index (χ1n) is 10.4. The molecular weight excluding hydrogens is 389 g/mol. The second-order valence-electron chi connectivity index (χ2n) is 8.15. The number of rotatable bonds is 6. The Hall–Kier alpha value is -1.06. The van der Waals surface area contributed by atoms with Crippen LogP contribution in [0.15, 0.2) is 48.5 Å². The highest BCUT2D eigenvalue weighted by molar-refractivity contribution is 6.30. The molecule has 28 heavy (non-hydrogen) atoms. The molecule has 0 saturated carbocycles. The Kier molecular flexibility index (Phi) is 7.09. The molecule has 0 unspecified atom stereocenters. The minimum atomic E-state index is -0.732. The summed E-state index contributed by atoms with van der Waals surface area (Å²) in [5.74, 6) is 0.242. The topological polar surface area (TPSA) is 32.3 Å². The maximum Gasteiger partial charge on any atom is 0.0737 e. The van der Waals surface area contributed by atoms with Gasteiger partial charge in [-0.25, -0.2) is 0 Å². The summed E-state index contributed by atoms with van der Waals surface area (Å²) < 4.78 is 0. The summed E-state index contributed by atoms with van der Waals surface area (Å²) in [4.78, 5) is 0. The Labute approximate surface area is 179 Å². The summed E-state index contributed by atoms with van der Waals surface area (Å²) in [6.45, 7) is 6.54. The minimum absolute atomic E-state index is 0.0580. The Morgan fingerprint density at radius 1 is 0.857 bits per heavy atom. The van der Waals surface area contributed by atoms with E-state index in [0.717, 1.165) is 35.7 Å². The molecule has 1 saturated heterocycles. The first-order valence-corrected chi connectivity index (χ1v) is 11.2. The van der Waals surface area contributed by atoms with Gasteiger partial charge in [-0.1, -0.05) is 81.1 Å². The highest BCUT2D eigenvalue weighted by atomic mass is 35.5. The van der Waals surface area contributed by atoms with Gasteiger partial charge in [-0.2, -0.15) is 0 Å². The van der Waals surface area contributed by atoms with E-state index < -0.39 is 5.60 Å². The van der Waals surface area contributed by atoms with Crippen molar-refractivity contribution in [2.45, 2.75) is 64.1 Å². The van der Waals surface area contributed by atoms with Gasteiger partial charge in [0.25, 0.3) is 0 Å². The average Bonchev–Trinajstić information content (AvgIpc) is 2.68. The lowest BCUT2D eigenvalue weighted by Gasteiger charge is -2.53. The van der Waals surface area contributed by atoms with Crippen molar-refractivity contribution in [3.63, 3.8) is 0 Å². The first-order chi connectivity index (χ1) is 13.4. The number of halogens is 2. The molecule has 2 aromatic carbocycles. The Morgan fingerprint density at radius 3 is 1.82 bits per heavy atom. The van der Waals surface area contributed by atoms with Crippen molar-refractivity contribution in [2.24, 2.45) is 11.8 Å². The van der Waals surface area contributed by atoms with Gasteiger partial charge in [0, 0.05) is 34.0 Å². The molecule has 1 heterocycles. The van der Waals surface area contributed by atoms with Crippen molar-refractivity contribution in [1.29, 1.82) is 0 Å². The lowest BCUT2D eigenvalue weighted by molar-refractivity contribution is -0.125. The van der Waals surface area contributed by atoms with Crippen LogP contribution in [-0.2, 0) is 0 Å². The molecule has 3 rings (SSSR count). The van der Waals surface area contributed by atoms with Gasteiger partial charge in [0.1, 0.15) is 0 Å². The molecule has 4 heteroatoms. The third-order valence-corrected chi connectivity index (χ3v) is 6.90. The van der Waals surface area contributed by atoms with E-state index in [0.29, 0.717) is 0 Å². The van der Waals surface area contributed by atoms with Gasteiger partial charge in [0.05, 0.1) is 5.60 Å². The maximum atomic E-state index is 12.0. The zero-order valence-corrected chi connectivity index (χ0v) is 18.5. The number of piperidine rings is 1. The smallest absolute Gasteiger partial charge is 0.0737 e. The van der Waals surface area contributed by atoms with E-state index in [1.54, 1.807) is 0 Å². The van der Waals surface area contributed by atoms with E-state index in [4.69, 9.17) is 23.2 Å². The van der Waals surface area contributed by atoms with Gasteiger partial charge >= 0.3 is 0 Å². The lowest BCUT2D eigenvalue weighted by Crippen LogP contribution is -2.58. The van der Waals surface area contributed by atoms with Crippen LogP contribution in [0.2, 0.25) is 10.0 Å². The monoisotopic (exact) mass is 419 g/mol. The van der Waals surface area contributed by atoms with Crippen LogP contribution in [0.5, 0.6) is 0 Å². The fourth-order valence-corrected chi connectivity index (χ4v) is 5.22. The highest BCUT2D eigenvalue weighted by Crippen LogP contribution is 2.50. The molecule has 2 nitrogen and oxygen atoms in total. The largest absolute Gasteiger partial charge is 0.389 e. The fraction of sp³-hybridized carbons (Fsp3) is 0.500. The lowest BCUT2D eigenvalue weighted by atomic mass is 9.62. The van der Waals surface area contributed by atoms with E-state index in [9.17, 15) is 5.11 Å². The van der Waals surface area contributed by atoms with E-state index >= 15 is 0 Å². The van der Waals surface area contributed by atoms with Gasteiger partial charge in [-0.3, -0.25) is 0 Å². The van der Waals surface area contributed by atoms with Crippen LogP contribution in [0, 0.1) is 11.8 Å². The molecular formula is C24H31Cl2NO. The van der Waals surface area contributed by atoms with Crippen LogP contribution >= 0.6 is 23.2 Å². The second-order valence-corrected chi connectivity index (χ2v) is 9.02. The second kappa shape index (κ2) is 9.17. The molecule has 5 atom stereocenters. The first kappa shape index (κ1) is 21.6.